The topological polar surface area (TPSA) is 101 Å². The fourth-order valence-corrected chi connectivity index (χ4v) is 4.83. The summed E-state index contributed by atoms with van der Waals surface area (Å²) < 4.78 is 33.0. The van der Waals surface area contributed by atoms with E-state index in [1.54, 1.807) is 0 Å². The van der Waals surface area contributed by atoms with Crippen LogP contribution in [0.15, 0.2) is 27.5 Å². The van der Waals surface area contributed by atoms with Gasteiger partial charge in [0.15, 0.2) is 5.89 Å². The van der Waals surface area contributed by atoms with Crippen LogP contribution in [0.1, 0.15) is 48.0 Å². The smallest absolute Gasteiger partial charge is 0.335 e. The van der Waals surface area contributed by atoms with Gasteiger partial charge < -0.3 is 9.52 Å². The Labute approximate surface area is 163 Å². The Morgan fingerprint density at radius 1 is 1.41 bits per heavy atom. The molecule has 7 nitrogen and oxygen atoms in total. The number of carboxylic acid groups (broad SMARTS) is 1. The van der Waals surface area contributed by atoms with Crippen molar-refractivity contribution in [2.75, 3.05) is 6.54 Å². The molecule has 0 spiro atoms. The number of aryl methyl sites for hydroxylation is 1. The number of nitrogens with zero attached hydrogens (tertiary/aromatic N) is 2. The summed E-state index contributed by atoms with van der Waals surface area (Å²) in [5.41, 5.74) is 0.474. The number of hydrogen-bond acceptors (Lipinski definition) is 5. The van der Waals surface area contributed by atoms with Crippen LogP contribution in [0, 0.1) is 5.92 Å². The quantitative estimate of drug-likeness (QED) is 0.780. The third-order valence-electron chi connectivity index (χ3n) is 4.47. The van der Waals surface area contributed by atoms with E-state index in [1.807, 2.05) is 0 Å². The average Bonchev–Trinajstić information content (AvgIpc) is 3.02. The van der Waals surface area contributed by atoms with E-state index in [0.29, 0.717) is 36.1 Å². The Morgan fingerprint density at radius 2 is 2.15 bits per heavy atom. The molecule has 2 heterocycles. The fourth-order valence-electron chi connectivity index (χ4n) is 2.93. The summed E-state index contributed by atoms with van der Waals surface area (Å²) in [5.74, 6) is 0.647. The van der Waals surface area contributed by atoms with Crippen molar-refractivity contribution >= 4 is 27.6 Å². The van der Waals surface area contributed by atoms with Crippen LogP contribution in [-0.4, -0.2) is 35.3 Å². The number of sulfonamides is 1. The predicted octanol–water partition coefficient (Wildman–Crippen LogP) is 3.36. The lowest BCUT2D eigenvalue weighted by atomic mass is 10.1. The monoisotopic (exact) mass is 412 g/mol. The van der Waals surface area contributed by atoms with E-state index in [2.05, 4.69) is 18.8 Å². The van der Waals surface area contributed by atoms with Gasteiger partial charge >= 0.3 is 5.97 Å². The van der Waals surface area contributed by atoms with Crippen LogP contribution in [0.25, 0.3) is 0 Å². The summed E-state index contributed by atoms with van der Waals surface area (Å²) in [6.45, 7) is 4.54. The molecule has 0 radical (unpaired) electrons. The SMILES string of the molecule is CC(C)CCc1nc2c(o1)CCN(S(=O)(=O)c1cc(C(=O)O)ccc1Cl)C2. The number of carboxylic acids is 1. The third kappa shape index (κ3) is 4.17. The molecule has 3 rings (SSSR count). The first-order chi connectivity index (χ1) is 12.7. The standard InChI is InChI=1S/C18H21ClN2O5S/c1-11(2)3-6-17-20-14-10-21(8-7-15(14)26-17)27(24,25)16-9-12(18(22)23)4-5-13(16)19/h4-5,9,11H,3,6-8,10H2,1-2H3,(H,22,23). The molecule has 0 atom stereocenters. The summed E-state index contributed by atoms with van der Waals surface area (Å²) in [5, 5.41) is 9.11. The Hall–Kier alpha value is -1.90. The van der Waals surface area contributed by atoms with Gasteiger partial charge in [-0.05, 0) is 30.5 Å². The van der Waals surface area contributed by atoms with Crippen LogP contribution in [0.2, 0.25) is 5.02 Å². The van der Waals surface area contributed by atoms with Crippen LogP contribution in [0.3, 0.4) is 0 Å². The summed E-state index contributed by atoms with van der Waals surface area (Å²) in [6, 6.07) is 3.65. The first kappa shape index (κ1) is 19.9. The second-order valence-corrected chi connectivity index (χ2v) is 9.26. The van der Waals surface area contributed by atoms with Crippen molar-refractivity contribution in [3.63, 3.8) is 0 Å². The molecule has 0 amide bonds. The highest BCUT2D eigenvalue weighted by Crippen LogP contribution is 2.30. The average molecular weight is 413 g/mol. The van der Waals surface area contributed by atoms with Gasteiger partial charge in [0.25, 0.3) is 0 Å². The Morgan fingerprint density at radius 3 is 2.81 bits per heavy atom. The minimum atomic E-state index is -3.95. The number of aromatic nitrogens is 1. The minimum Gasteiger partial charge on any atom is -0.478 e. The van der Waals surface area contributed by atoms with Crippen LogP contribution in [0.4, 0.5) is 0 Å². The highest BCUT2D eigenvalue weighted by atomic mass is 35.5. The lowest BCUT2D eigenvalue weighted by molar-refractivity contribution is 0.0696. The van der Waals surface area contributed by atoms with Gasteiger partial charge in [0.05, 0.1) is 22.8 Å². The fraction of sp³-hybridized carbons (Fsp3) is 0.444. The molecule has 27 heavy (non-hydrogen) atoms. The zero-order valence-electron chi connectivity index (χ0n) is 15.1. The van der Waals surface area contributed by atoms with Gasteiger partial charge in [-0.15, -0.1) is 0 Å². The molecule has 0 saturated carbocycles. The molecule has 1 aromatic carbocycles. The van der Waals surface area contributed by atoms with Crippen molar-refractivity contribution in [3.05, 3.63) is 46.1 Å². The maximum absolute atomic E-state index is 13.0. The molecule has 146 valence electrons. The molecular formula is C18H21ClN2O5S. The molecule has 2 aromatic rings. The van der Waals surface area contributed by atoms with Crippen molar-refractivity contribution in [1.82, 2.24) is 9.29 Å². The highest BCUT2D eigenvalue weighted by Gasteiger charge is 2.33. The summed E-state index contributed by atoms with van der Waals surface area (Å²) in [6.07, 6.45) is 2.07. The van der Waals surface area contributed by atoms with E-state index >= 15 is 0 Å². The number of halogens is 1. The number of rotatable bonds is 6. The number of aromatic carboxylic acids is 1. The molecule has 1 aliphatic heterocycles. The summed E-state index contributed by atoms with van der Waals surface area (Å²) in [4.78, 5) is 15.4. The molecule has 0 bridgehead atoms. The van der Waals surface area contributed by atoms with Crippen LogP contribution in [0.5, 0.6) is 0 Å². The van der Waals surface area contributed by atoms with E-state index in [4.69, 9.17) is 21.1 Å². The Balaban J connectivity index is 1.86. The minimum absolute atomic E-state index is 0.0106. The second kappa shape index (κ2) is 7.61. The largest absolute Gasteiger partial charge is 0.478 e. The molecule has 0 fully saturated rings. The normalized spacial score (nSPS) is 15.1. The zero-order chi connectivity index (χ0) is 19.8. The number of oxazole rings is 1. The second-order valence-electron chi connectivity index (χ2n) is 6.95. The summed E-state index contributed by atoms with van der Waals surface area (Å²) in [7, 11) is -3.95. The van der Waals surface area contributed by atoms with E-state index in [-0.39, 0.29) is 28.6 Å². The van der Waals surface area contributed by atoms with Crippen molar-refractivity contribution in [3.8, 4) is 0 Å². The van der Waals surface area contributed by atoms with E-state index in [1.165, 1.54) is 16.4 Å². The zero-order valence-corrected chi connectivity index (χ0v) is 16.7. The lowest BCUT2D eigenvalue weighted by Crippen LogP contribution is -2.36. The molecule has 0 unspecified atom stereocenters. The molecule has 1 aromatic heterocycles. The van der Waals surface area contributed by atoms with Gasteiger partial charge in [-0.1, -0.05) is 25.4 Å². The molecule has 1 N–H and O–H groups in total. The first-order valence-corrected chi connectivity index (χ1v) is 10.5. The predicted molar refractivity (Wildman–Crippen MR) is 99.4 cm³/mol. The van der Waals surface area contributed by atoms with Gasteiger partial charge in [0.2, 0.25) is 10.0 Å². The highest BCUT2D eigenvalue weighted by molar-refractivity contribution is 7.89. The van der Waals surface area contributed by atoms with Crippen LogP contribution in [-0.2, 0) is 29.4 Å². The van der Waals surface area contributed by atoms with Crippen LogP contribution < -0.4 is 0 Å². The van der Waals surface area contributed by atoms with Crippen molar-refractivity contribution < 1.29 is 22.7 Å². The maximum Gasteiger partial charge on any atom is 0.335 e. The van der Waals surface area contributed by atoms with Crippen molar-refractivity contribution in [2.45, 2.75) is 44.6 Å². The van der Waals surface area contributed by atoms with Gasteiger partial charge in [-0.3, -0.25) is 0 Å². The van der Waals surface area contributed by atoms with E-state index in [9.17, 15) is 13.2 Å². The van der Waals surface area contributed by atoms with E-state index < -0.39 is 16.0 Å². The number of hydrogen-bond donors (Lipinski definition) is 1. The maximum atomic E-state index is 13.0. The van der Waals surface area contributed by atoms with Gasteiger partial charge in [0.1, 0.15) is 10.7 Å². The van der Waals surface area contributed by atoms with E-state index in [0.717, 1.165) is 12.5 Å². The van der Waals surface area contributed by atoms with Crippen LogP contribution >= 0.6 is 11.6 Å². The number of benzene rings is 1. The number of fused-ring (bicyclic) bond motifs is 1. The molecule has 1 aliphatic rings. The Kier molecular flexibility index (Phi) is 5.60. The molecule has 0 aliphatic carbocycles. The van der Waals surface area contributed by atoms with Gasteiger partial charge in [-0.25, -0.2) is 18.2 Å². The number of carbonyl (C=O) groups is 1. The lowest BCUT2D eigenvalue weighted by Gasteiger charge is -2.25. The van der Waals surface area contributed by atoms with Crippen molar-refractivity contribution in [1.29, 1.82) is 0 Å². The van der Waals surface area contributed by atoms with Crippen molar-refractivity contribution in [2.24, 2.45) is 5.92 Å². The van der Waals surface area contributed by atoms with Gasteiger partial charge in [-0.2, -0.15) is 4.31 Å². The molecule has 0 saturated heterocycles. The third-order valence-corrected chi connectivity index (χ3v) is 6.80. The summed E-state index contributed by atoms with van der Waals surface area (Å²) >= 11 is 6.05. The molecule has 9 heteroatoms. The molecular weight excluding hydrogens is 392 g/mol. The Bertz CT molecular complexity index is 968. The first-order valence-electron chi connectivity index (χ1n) is 8.69. The van der Waals surface area contributed by atoms with Gasteiger partial charge in [0, 0.05) is 19.4 Å².